The molecule has 0 heterocycles. The first-order chi connectivity index (χ1) is 12.0. The third kappa shape index (κ3) is 6.52. The maximum absolute atomic E-state index is 12.5. The van der Waals surface area contributed by atoms with Crippen LogP contribution in [-0.2, 0) is 28.6 Å². The Kier molecular flexibility index (Phi) is 9.24. The van der Waals surface area contributed by atoms with E-state index >= 15 is 0 Å². The lowest BCUT2D eigenvalue weighted by molar-refractivity contribution is -0.186. The Bertz CT molecular complexity index is 463. The SMILES string of the molecule is C=CC(=O)OC1(C(=O)OCCCC)CCC(C(=O)OCCCC)CC1. The third-order valence-electron chi connectivity index (χ3n) is 4.43. The van der Waals surface area contributed by atoms with Crippen LogP contribution in [0.2, 0.25) is 0 Å². The van der Waals surface area contributed by atoms with Crippen molar-refractivity contribution in [1.29, 1.82) is 0 Å². The summed E-state index contributed by atoms with van der Waals surface area (Å²) in [6, 6.07) is 0. The molecule has 142 valence electrons. The summed E-state index contributed by atoms with van der Waals surface area (Å²) in [6.45, 7) is 8.12. The Morgan fingerprint density at radius 3 is 2.12 bits per heavy atom. The fourth-order valence-corrected chi connectivity index (χ4v) is 2.78. The lowest BCUT2D eigenvalue weighted by Crippen LogP contribution is -2.48. The Morgan fingerprint density at radius 1 is 1.04 bits per heavy atom. The molecule has 6 nitrogen and oxygen atoms in total. The molecule has 0 spiro atoms. The highest BCUT2D eigenvalue weighted by atomic mass is 16.6. The van der Waals surface area contributed by atoms with Crippen molar-refractivity contribution in [2.24, 2.45) is 5.92 Å². The zero-order chi connectivity index (χ0) is 18.7. The molecule has 1 saturated carbocycles. The van der Waals surface area contributed by atoms with Gasteiger partial charge in [-0.05, 0) is 38.5 Å². The number of unbranched alkanes of at least 4 members (excludes halogenated alkanes) is 2. The Hall–Kier alpha value is -1.85. The molecule has 0 amide bonds. The summed E-state index contributed by atoms with van der Waals surface area (Å²) in [4.78, 5) is 36.2. The van der Waals surface area contributed by atoms with Gasteiger partial charge in [-0.2, -0.15) is 0 Å². The van der Waals surface area contributed by atoms with Crippen LogP contribution in [0.15, 0.2) is 12.7 Å². The average Bonchev–Trinajstić information content (AvgIpc) is 2.62. The van der Waals surface area contributed by atoms with E-state index in [0.29, 0.717) is 26.1 Å². The zero-order valence-corrected chi connectivity index (χ0v) is 15.4. The van der Waals surface area contributed by atoms with Gasteiger partial charge in [0.15, 0.2) is 0 Å². The molecule has 0 N–H and O–H groups in total. The number of carbonyl (C=O) groups excluding carboxylic acids is 3. The van der Waals surface area contributed by atoms with Crippen molar-refractivity contribution in [3.8, 4) is 0 Å². The van der Waals surface area contributed by atoms with Crippen LogP contribution < -0.4 is 0 Å². The highest BCUT2D eigenvalue weighted by molar-refractivity contribution is 5.88. The minimum absolute atomic E-state index is 0.239. The summed E-state index contributed by atoms with van der Waals surface area (Å²) in [5, 5.41) is 0. The van der Waals surface area contributed by atoms with Crippen LogP contribution in [0, 0.1) is 5.92 Å². The lowest BCUT2D eigenvalue weighted by Gasteiger charge is -2.36. The molecule has 1 rings (SSSR count). The maximum atomic E-state index is 12.5. The van der Waals surface area contributed by atoms with Crippen molar-refractivity contribution in [1.82, 2.24) is 0 Å². The lowest BCUT2D eigenvalue weighted by atomic mass is 9.78. The van der Waals surface area contributed by atoms with Crippen molar-refractivity contribution < 1.29 is 28.6 Å². The van der Waals surface area contributed by atoms with Crippen molar-refractivity contribution in [2.45, 2.75) is 70.8 Å². The largest absolute Gasteiger partial charge is 0.465 e. The van der Waals surface area contributed by atoms with E-state index < -0.39 is 17.5 Å². The molecule has 0 atom stereocenters. The molecule has 0 radical (unpaired) electrons. The standard InChI is InChI=1S/C19H30O6/c1-4-7-13-23-17(21)15-9-11-19(12-10-15,25-16(20)6-3)18(22)24-14-8-5-2/h6,15H,3-5,7-14H2,1-2H3. The first-order valence-corrected chi connectivity index (χ1v) is 9.18. The number of esters is 3. The van der Waals surface area contributed by atoms with Gasteiger partial charge in [-0.15, -0.1) is 0 Å². The Labute approximate surface area is 149 Å². The van der Waals surface area contributed by atoms with Crippen LogP contribution in [0.25, 0.3) is 0 Å². The number of ether oxygens (including phenoxy) is 3. The molecular weight excluding hydrogens is 324 g/mol. The topological polar surface area (TPSA) is 78.9 Å². The Morgan fingerprint density at radius 2 is 1.60 bits per heavy atom. The summed E-state index contributed by atoms with van der Waals surface area (Å²) in [6.07, 6.45) is 5.85. The molecular formula is C19H30O6. The van der Waals surface area contributed by atoms with E-state index in [1.165, 1.54) is 0 Å². The van der Waals surface area contributed by atoms with Gasteiger partial charge in [-0.25, -0.2) is 9.59 Å². The van der Waals surface area contributed by atoms with Gasteiger partial charge >= 0.3 is 17.9 Å². The van der Waals surface area contributed by atoms with Crippen molar-refractivity contribution >= 4 is 17.9 Å². The van der Waals surface area contributed by atoms with Crippen LogP contribution in [0.5, 0.6) is 0 Å². The summed E-state index contributed by atoms with van der Waals surface area (Å²) in [5.41, 5.74) is -1.32. The van der Waals surface area contributed by atoms with E-state index in [0.717, 1.165) is 31.8 Å². The summed E-state index contributed by atoms with van der Waals surface area (Å²) in [5.74, 6) is -1.70. The molecule has 25 heavy (non-hydrogen) atoms. The molecule has 0 aromatic carbocycles. The van der Waals surface area contributed by atoms with E-state index in [1.54, 1.807) is 0 Å². The molecule has 0 bridgehead atoms. The number of rotatable bonds is 10. The second-order valence-corrected chi connectivity index (χ2v) is 6.40. The van der Waals surface area contributed by atoms with Crippen LogP contribution in [0.1, 0.15) is 65.2 Å². The van der Waals surface area contributed by atoms with E-state index in [4.69, 9.17) is 14.2 Å². The van der Waals surface area contributed by atoms with Crippen LogP contribution in [0.3, 0.4) is 0 Å². The van der Waals surface area contributed by atoms with Crippen LogP contribution in [-0.4, -0.2) is 36.7 Å². The van der Waals surface area contributed by atoms with Gasteiger partial charge in [0.25, 0.3) is 0 Å². The van der Waals surface area contributed by atoms with Gasteiger partial charge < -0.3 is 14.2 Å². The minimum atomic E-state index is -1.32. The predicted molar refractivity (Wildman–Crippen MR) is 92.7 cm³/mol. The molecule has 0 aromatic rings. The highest BCUT2D eigenvalue weighted by Crippen LogP contribution is 2.37. The van der Waals surface area contributed by atoms with Crippen molar-refractivity contribution in [3.05, 3.63) is 12.7 Å². The second kappa shape index (κ2) is 10.9. The summed E-state index contributed by atoms with van der Waals surface area (Å²) >= 11 is 0. The average molecular weight is 354 g/mol. The normalized spacial score (nSPS) is 22.7. The monoisotopic (exact) mass is 354 g/mol. The maximum Gasteiger partial charge on any atom is 0.350 e. The third-order valence-corrected chi connectivity index (χ3v) is 4.43. The fraction of sp³-hybridized carbons (Fsp3) is 0.737. The predicted octanol–water partition coefficient (Wildman–Crippen LogP) is 3.33. The molecule has 0 aromatic heterocycles. The second-order valence-electron chi connectivity index (χ2n) is 6.40. The first kappa shape index (κ1) is 21.2. The minimum Gasteiger partial charge on any atom is -0.465 e. The molecule has 1 fully saturated rings. The first-order valence-electron chi connectivity index (χ1n) is 9.18. The smallest absolute Gasteiger partial charge is 0.350 e. The van der Waals surface area contributed by atoms with Gasteiger partial charge in [0.2, 0.25) is 5.60 Å². The van der Waals surface area contributed by atoms with Crippen LogP contribution >= 0.6 is 0 Å². The number of hydrogen-bond donors (Lipinski definition) is 0. The molecule has 1 aliphatic rings. The molecule has 0 aliphatic heterocycles. The van der Waals surface area contributed by atoms with Crippen molar-refractivity contribution in [3.63, 3.8) is 0 Å². The van der Waals surface area contributed by atoms with Gasteiger partial charge in [0, 0.05) is 6.08 Å². The zero-order valence-electron chi connectivity index (χ0n) is 15.4. The molecule has 0 unspecified atom stereocenters. The van der Waals surface area contributed by atoms with Crippen molar-refractivity contribution in [2.75, 3.05) is 13.2 Å². The van der Waals surface area contributed by atoms with E-state index in [-0.39, 0.29) is 24.7 Å². The van der Waals surface area contributed by atoms with Gasteiger partial charge in [0.1, 0.15) is 0 Å². The summed E-state index contributed by atoms with van der Waals surface area (Å²) in [7, 11) is 0. The quantitative estimate of drug-likeness (QED) is 0.259. The summed E-state index contributed by atoms with van der Waals surface area (Å²) < 4.78 is 15.9. The molecule has 0 saturated heterocycles. The Balaban J connectivity index is 2.67. The van der Waals surface area contributed by atoms with Gasteiger partial charge in [-0.3, -0.25) is 4.79 Å². The molecule has 6 heteroatoms. The van der Waals surface area contributed by atoms with E-state index in [9.17, 15) is 14.4 Å². The highest BCUT2D eigenvalue weighted by Gasteiger charge is 2.48. The van der Waals surface area contributed by atoms with Gasteiger partial charge in [0.05, 0.1) is 19.1 Å². The van der Waals surface area contributed by atoms with Gasteiger partial charge in [-0.1, -0.05) is 33.3 Å². The number of hydrogen-bond acceptors (Lipinski definition) is 6. The van der Waals surface area contributed by atoms with Crippen LogP contribution in [0.4, 0.5) is 0 Å². The van der Waals surface area contributed by atoms with E-state index in [1.807, 2.05) is 13.8 Å². The molecule has 1 aliphatic carbocycles. The number of carbonyl (C=O) groups is 3. The fourth-order valence-electron chi connectivity index (χ4n) is 2.78. The van der Waals surface area contributed by atoms with E-state index in [2.05, 4.69) is 6.58 Å².